The molecule has 0 radical (unpaired) electrons. The highest BCUT2D eigenvalue weighted by atomic mass is 35.5. The molecule has 0 spiro atoms. The second-order valence-corrected chi connectivity index (χ2v) is 6.19. The fourth-order valence-corrected chi connectivity index (χ4v) is 3.75. The molecule has 0 atom stereocenters. The Labute approximate surface area is 123 Å². The maximum absolute atomic E-state index is 12.1. The number of nitrogens with one attached hydrogen (secondary N) is 2. The minimum Gasteiger partial charge on any atom is -0.317 e. The van der Waals surface area contributed by atoms with E-state index in [1.807, 2.05) is 0 Å². The summed E-state index contributed by atoms with van der Waals surface area (Å²) in [7, 11) is 0. The standard InChI is InChI=1S/C13H19N3OS.ClH/c17-12(9-5-7-14-8-6-9)16-13-15-10-3-1-2-4-11(10)18-13;/h9,14H,1-8H2,(H,15,16,17);1H. The highest BCUT2D eigenvalue weighted by molar-refractivity contribution is 7.15. The van der Waals surface area contributed by atoms with E-state index >= 15 is 0 Å². The van der Waals surface area contributed by atoms with Gasteiger partial charge in [-0.3, -0.25) is 4.79 Å². The average molecular weight is 302 g/mol. The van der Waals surface area contributed by atoms with Crippen LogP contribution in [0.25, 0.3) is 0 Å². The number of fused-ring (bicyclic) bond motifs is 1. The third-order valence-corrected chi connectivity index (χ3v) is 4.86. The predicted molar refractivity (Wildman–Crippen MR) is 80.2 cm³/mol. The van der Waals surface area contributed by atoms with Gasteiger partial charge in [-0.1, -0.05) is 0 Å². The van der Waals surface area contributed by atoms with E-state index in [1.54, 1.807) is 11.3 Å². The summed E-state index contributed by atoms with van der Waals surface area (Å²) >= 11 is 1.67. The molecular weight excluding hydrogens is 282 g/mol. The van der Waals surface area contributed by atoms with E-state index in [0.29, 0.717) is 0 Å². The van der Waals surface area contributed by atoms with Gasteiger partial charge < -0.3 is 10.6 Å². The Balaban J connectivity index is 0.00000133. The van der Waals surface area contributed by atoms with Gasteiger partial charge in [0.05, 0.1) is 5.69 Å². The molecule has 3 rings (SSSR count). The van der Waals surface area contributed by atoms with Crippen molar-refractivity contribution in [3.63, 3.8) is 0 Å². The van der Waals surface area contributed by atoms with Gasteiger partial charge in [0.1, 0.15) is 0 Å². The summed E-state index contributed by atoms with van der Waals surface area (Å²) in [5.74, 6) is 0.315. The number of thiazole rings is 1. The lowest BCUT2D eigenvalue weighted by Gasteiger charge is -2.20. The topological polar surface area (TPSA) is 54.0 Å². The zero-order chi connectivity index (χ0) is 12.4. The van der Waals surface area contributed by atoms with Crippen molar-refractivity contribution in [3.8, 4) is 0 Å². The number of halogens is 1. The molecule has 2 N–H and O–H groups in total. The van der Waals surface area contributed by atoms with E-state index in [9.17, 15) is 4.79 Å². The van der Waals surface area contributed by atoms with Crippen LogP contribution in [0, 0.1) is 5.92 Å². The first-order valence-electron chi connectivity index (χ1n) is 6.83. The summed E-state index contributed by atoms with van der Waals surface area (Å²) in [6.07, 6.45) is 6.59. The molecule has 0 unspecified atom stereocenters. The normalized spacial score (nSPS) is 19.4. The van der Waals surface area contributed by atoms with Crippen molar-refractivity contribution < 1.29 is 4.79 Å². The fraction of sp³-hybridized carbons (Fsp3) is 0.692. The molecule has 1 fully saturated rings. The number of aromatic nitrogens is 1. The maximum atomic E-state index is 12.1. The Kier molecular flexibility index (Phi) is 5.19. The molecule has 1 saturated heterocycles. The molecule has 19 heavy (non-hydrogen) atoms. The van der Waals surface area contributed by atoms with Gasteiger partial charge in [0.25, 0.3) is 0 Å². The second kappa shape index (κ2) is 6.68. The number of amides is 1. The van der Waals surface area contributed by atoms with Crippen LogP contribution in [0.1, 0.15) is 36.3 Å². The van der Waals surface area contributed by atoms with Gasteiger partial charge in [0.15, 0.2) is 5.13 Å². The van der Waals surface area contributed by atoms with Gasteiger partial charge in [0, 0.05) is 10.8 Å². The Morgan fingerprint density at radius 3 is 2.74 bits per heavy atom. The van der Waals surface area contributed by atoms with Crippen molar-refractivity contribution in [2.24, 2.45) is 5.92 Å². The lowest BCUT2D eigenvalue weighted by Crippen LogP contribution is -2.34. The van der Waals surface area contributed by atoms with Crippen LogP contribution in [0.4, 0.5) is 5.13 Å². The Morgan fingerprint density at radius 1 is 1.26 bits per heavy atom. The fourth-order valence-electron chi connectivity index (χ4n) is 2.70. The van der Waals surface area contributed by atoms with Crippen molar-refractivity contribution in [3.05, 3.63) is 10.6 Å². The molecule has 0 aromatic carbocycles. The minimum absolute atomic E-state index is 0. The number of rotatable bonds is 2. The van der Waals surface area contributed by atoms with Gasteiger partial charge in [-0.25, -0.2) is 4.98 Å². The van der Waals surface area contributed by atoms with E-state index < -0.39 is 0 Å². The monoisotopic (exact) mass is 301 g/mol. The van der Waals surface area contributed by atoms with Crippen molar-refractivity contribution in [1.29, 1.82) is 0 Å². The van der Waals surface area contributed by atoms with Crippen molar-refractivity contribution in [2.45, 2.75) is 38.5 Å². The summed E-state index contributed by atoms with van der Waals surface area (Å²) in [5, 5.41) is 7.10. The molecule has 1 aromatic rings. The minimum atomic E-state index is 0. The molecule has 1 aromatic heterocycles. The Hall–Kier alpha value is -0.650. The zero-order valence-corrected chi connectivity index (χ0v) is 12.5. The van der Waals surface area contributed by atoms with Crippen molar-refractivity contribution in [1.82, 2.24) is 10.3 Å². The SMILES string of the molecule is Cl.O=C(Nc1nc2c(s1)CCCC2)C1CCNCC1. The summed E-state index contributed by atoms with van der Waals surface area (Å²) in [6, 6.07) is 0. The molecule has 4 nitrogen and oxygen atoms in total. The molecule has 0 bridgehead atoms. The van der Waals surface area contributed by atoms with Crippen LogP contribution in [0.2, 0.25) is 0 Å². The van der Waals surface area contributed by atoms with Gasteiger partial charge >= 0.3 is 0 Å². The third kappa shape index (κ3) is 3.46. The van der Waals surface area contributed by atoms with Gasteiger partial charge in [-0.2, -0.15) is 0 Å². The number of carbonyl (C=O) groups excluding carboxylic acids is 1. The van der Waals surface area contributed by atoms with E-state index in [2.05, 4.69) is 15.6 Å². The van der Waals surface area contributed by atoms with Crippen molar-refractivity contribution in [2.75, 3.05) is 18.4 Å². The number of nitrogens with zero attached hydrogens (tertiary/aromatic N) is 1. The van der Waals surface area contributed by atoms with Crippen LogP contribution in [0.15, 0.2) is 0 Å². The predicted octanol–water partition coefficient (Wildman–Crippen LogP) is 2.38. The first-order chi connectivity index (χ1) is 8.83. The van der Waals surface area contributed by atoms with E-state index in [0.717, 1.165) is 43.9 Å². The quantitative estimate of drug-likeness (QED) is 0.882. The number of anilines is 1. The molecule has 106 valence electrons. The molecule has 1 amide bonds. The van der Waals surface area contributed by atoms with Gasteiger partial charge in [-0.05, 0) is 51.6 Å². The lowest BCUT2D eigenvalue weighted by atomic mass is 9.97. The average Bonchev–Trinajstić information content (AvgIpc) is 2.82. The molecule has 2 aliphatic rings. The van der Waals surface area contributed by atoms with E-state index in [1.165, 1.54) is 23.4 Å². The van der Waals surface area contributed by atoms with Gasteiger partial charge in [0.2, 0.25) is 5.91 Å². The van der Waals surface area contributed by atoms with Gasteiger partial charge in [-0.15, -0.1) is 23.7 Å². The summed E-state index contributed by atoms with van der Waals surface area (Å²) in [6.45, 7) is 1.90. The van der Waals surface area contributed by atoms with Crippen LogP contribution in [0.5, 0.6) is 0 Å². The summed E-state index contributed by atoms with van der Waals surface area (Å²) < 4.78 is 0. The first kappa shape index (κ1) is 14.8. The highest BCUT2D eigenvalue weighted by Crippen LogP contribution is 2.30. The number of piperidine rings is 1. The number of hydrogen-bond donors (Lipinski definition) is 2. The number of hydrogen-bond acceptors (Lipinski definition) is 4. The molecular formula is C13H20ClN3OS. The number of aryl methyl sites for hydroxylation is 2. The van der Waals surface area contributed by atoms with E-state index in [-0.39, 0.29) is 24.2 Å². The largest absolute Gasteiger partial charge is 0.317 e. The molecule has 2 heterocycles. The maximum Gasteiger partial charge on any atom is 0.229 e. The van der Waals surface area contributed by atoms with Crippen LogP contribution >= 0.6 is 23.7 Å². The van der Waals surface area contributed by atoms with Crippen LogP contribution in [-0.4, -0.2) is 24.0 Å². The summed E-state index contributed by atoms with van der Waals surface area (Å²) in [4.78, 5) is 18.0. The molecule has 0 saturated carbocycles. The van der Waals surface area contributed by atoms with Crippen molar-refractivity contribution >= 4 is 34.8 Å². The highest BCUT2D eigenvalue weighted by Gasteiger charge is 2.23. The molecule has 1 aliphatic heterocycles. The number of carbonyl (C=O) groups is 1. The second-order valence-electron chi connectivity index (χ2n) is 5.11. The molecule has 1 aliphatic carbocycles. The zero-order valence-electron chi connectivity index (χ0n) is 10.9. The first-order valence-corrected chi connectivity index (χ1v) is 7.65. The smallest absolute Gasteiger partial charge is 0.229 e. The Bertz CT molecular complexity index is 420. The van der Waals surface area contributed by atoms with E-state index in [4.69, 9.17) is 0 Å². The van der Waals surface area contributed by atoms with Crippen LogP contribution in [-0.2, 0) is 17.6 Å². The van der Waals surface area contributed by atoms with Crippen LogP contribution in [0.3, 0.4) is 0 Å². The molecule has 6 heteroatoms. The van der Waals surface area contributed by atoms with Crippen LogP contribution < -0.4 is 10.6 Å². The Morgan fingerprint density at radius 2 is 2.00 bits per heavy atom. The lowest BCUT2D eigenvalue weighted by molar-refractivity contribution is -0.120. The third-order valence-electron chi connectivity index (χ3n) is 3.79. The summed E-state index contributed by atoms with van der Waals surface area (Å²) in [5.41, 5.74) is 1.21.